The predicted octanol–water partition coefficient (Wildman–Crippen LogP) is 2.05. The summed E-state index contributed by atoms with van der Waals surface area (Å²) in [6.07, 6.45) is 7.59. The molecule has 1 fully saturated rings. The molecule has 1 aromatic rings. The molecule has 0 saturated heterocycles. The van der Waals surface area contributed by atoms with Crippen molar-refractivity contribution in [3.8, 4) is 0 Å². The zero-order valence-electron chi connectivity index (χ0n) is 10.7. The number of nitrogen functional groups attached to an aromatic ring is 1. The second-order valence-electron chi connectivity index (χ2n) is 4.57. The molecule has 19 heavy (non-hydrogen) atoms. The number of hydrogen-bond acceptors (Lipinski definition) is 7. The van der Waals surface area contributed by atoms with Crippen molar-refractivity contribution >= 4 is 29.1 Å². The van der Waals surface area contributed by atoms with Gasteiger partial charge in [-0.3, -0.25) is 10.1 Å². The first-order valence-corrected chi connectivity index (χ1v) is 7.44. The Bertz CT molecular complexity index is 462. The summed E-state index contributed by atoms with van der Waals surface area (Å²) in [5.41, 5.74) is 5.31. The summed E-state index contributed by atoms with van der Waals surface area (Å²) in [4.78, 5) is 18.1. The smallest absolute Gasteiger partial charge is 0.352 e. The Balaban J connectivity index is 2.08. The number of thioether (sulfide) groups is 1. The summed E-state index contributed by atoms with van der Waals surface area (Å²) in [6, 6.07) is 0.219. The third-order valence-corrected chi connectivity index (χ3v) is 4.52. The highest BCUT2D eigenvalue weighted by molar-refractivity contribution is 7.99. The second-order valence-corrected chi connectivity index (χ2v) is 5.70. The van der Waals surface area contributed by atoms with Crippen LogP contribution >= 0.6 is 11.8 Å². The molecule has 2 rings (SSSR count). The first-order valence-electron chi connectivity index (χ1n) is 6.16. The SMILES string of the molecule is CSC1CCC(Nc2ncnc(N)c2[N+](=O)[O-])CC1. The van der Waals surface area contributed by atoms with E-state index in [-0.39, 0.29) is 23.4 Å². The fraction of sp³-hybridized carbons (Fsp3) is 0.636. The van der Waals surface area contributed by atoms with E-state index in [1.165, 1.54) is 6.33 Å². The minimum atomic E-state index is -0.537. The molecule has 0 spiro atoms. The molecule has 0 radical (unpaired) electrons. The van der Waals surface area contributed by atoms with Crippen LogP contribution in [0.25, 0.3) is 0 Å². The lowest BCUT2D eigenvalue weighted by atomic mass is 9.95. The van der Waals surface area contributed by atoms with Gasteiger partial charge in [0.15, 0.2) is 0 Å². The summed E-state index contributed by atoms with van der Waals surface area (Å²) in [5, 5.41) is 14.8. The summed E-state index contributed by atoms with van der Waals surface area (Å²) >= 11 is 1.88. The number of hydrogen-bond donors (Lipinski definition) is 2. The topological polar surface area (TPSA) is 107 Å². The molecule has 0 aromatic carbocycles. The van der Waals surface area contributed by atoms with E-state index in [0.29, 0.717) is 5.25 Å². The van der Waals surface area contributed by atoms with Gasteiger partial charge in [0.25, 0.3) is 0 Å². The Morgan fingerprint density at radius 1 is 1.42 bits per heavy atom. The van der Waals surface area contributed by atoms with Crippen LogP contribution in [0, 0.1) is 10.1 Å². The van der Waals surface area contributed by atoms with E-state index >= 15 is 0 Å². The number of nitrogens with one attached hydrogen (secondary N) is 1. The van der Waals surface area contributed by atoms with Gasteiger partial charge >= 0.3 is 5.69 Å². The fourth-order valence-corrected chi connectivity index (χ4v) is 3.06. The number of anilines is 2. The molecule has 0 aliphatic heterocycles. The van der Waals surface area contributed by atoms with Crippen molar-refractivity contribution in [2.24, 2.45) is 0 Å². The van der Waals surface area contributed by atoms with E-state index < -0.39 is 4.92 Å². The molecule has 1 aromatic heterocycles. The normalized spacial score (nSPS) is 23.0. The average molecular weight is 283 g/mol. The first kappa shape index (κ1) is 13.9. The van der Waals surface area contributed by atoms with E-state index in [1.54, 1.807) is 0 Å². The van der Waals surface area contributed by atoms with Crippen LogP contribution in [0.5, 0.6) is 0 Å². The molecule has 7 nitrogen and oxygen atoms in total. The van der Waals surface area contributed by atoms with Gasteiger partial charge in [-0.2, -0.15) is 11.8 Å². The zero-order chi connectivity index (χ0) is 13.8. The van der Waals surface area contributed by atoms with E-state index in [0.717, 1.165) is 25.7 Å². The lowest BCUT2D eigenvalue weighted by molar-refractivity contribution is -0.383. The van der Waals surface area contributed by atoms with Crippen molar-refractivity contribution in [3.63, 3.8) is 0 Å². The first-order chi connectivity index (χ1) is 9.11. The van der Waals surface area contributed by atoms with Gasteiger partial charge in [-0.25, -0.2) is 9.97 Å². The maximum absolute atomic E-state index is 11.0. The highest BCUT2D eigenvalue weighted by Crippen LogP contribution is 2.31. The Hall–Kier alpha value is -1.57. The summed E-state index contributed by atoms with van der Waals surface area (Å²) < 4.78 is 0. The number of rotatable bonds is 4. The molecule has 1 heterocycles. The van der Waals surface area contributed by atoms with Crippen LogP contribution in [0.2, 0.25) is 0 Å². The highest BCUT2D eigenvalue weighted by Gasteiger charge is 2.25. The number of nitrogens with two attached hydrogens (primary N) is 1. The van der Waals surface area contributed by atoms with Gasteiger partial charge < -0.3 is 11.1 Å². The van der Waals surface area contributed by atoms with Crippen LogP contribution < -0.4 is 11.1 Å². The van der Waals surface area contributed by atoms with Crippen LogP contribution in [-0.2, 0) is 0 Å². The van der Waals surface area contributed by atoms with Gasteiger partial charge in [0, 0.05) is 11.3 Å². The third kappa shape index (κ3) is 3.25. The molecule has 0 amide bonds. The van der Waals surface area contributed by atoms with Crippen LogP contribution in [0.1, 0.15) is 25.7 Å². The molecule has 1 aliphatic rings. The molecule has 1 aliphatic carbocycles. The fourth-order valence-electron chi connectivity index (χ4n) is 2.31. The van der Waals surface area contributed by atoms with Gasteiger partial charge in [0.1, 0.15) is 6.33 Å². The molecule has 3 N–H and O–H groups in total. The van der Waals surface area contributed by atoms with Crippen molar-refractivity contribution in [3.05, 3.63) is 16.4 Å². The van der Waals surface area contributed by atoms with Gasteiger partial charge in [0.05, 0.1) is 4.92 Å². The van der Waals surface area contributed by atoms with Gasteiger partial charge in [-0.1, -0.05) is 0 Å². The highest BCUT2D eigenvalue weighted by atomic mass is 32.2. The van der Waals surface area contributed by atoms with Crippen LogP contribution in [-0.4, -0.2) is 32.4 Å². The maximum Gasteiger partial charge on any atom is 0.352 e. The average Bonchev–Trinajstić information content (AvgIpc) is 2.39. The third-order valence-electron chi connectivity index (χ3n) is 3.38. The Morgan fingerprint density at radius 3 is 2.68 bits per heavy atom. The second kappa shape index (κ2) is 6.05. The van der Waals surface area contributed by atoms with E-state index in [4.69, 9.17) is 5.73 Å². The van der Waals surface area contributed by atoms with Gasteiger partial charge in [-0.05, 0) is 31.9 Å². The van der Waals surface area contributed by atoms with Crippen LogP contribution in [0.3, 0.4) is 0 Å². The van der Waals surface area contributed by atoms with Crippen molar-refractivity contribution < 1.29 is 4.92 Å². The summed E-state index contributed by atoms with van der Waals surface area (Å²) in [6.45, 7) is 0. The lowest BCUT2D eigenvalue weighted by Crippen LogP contribution is -2.28. The van der Waals surface area contributed by atoms with Crippen LogP contribution in [0.4, 0.5) is 17.3 Å². The van der Waals surface area contributed by atoms with E-state index in [2.05, 4.69) is 21.5 Å². The van der Waals surface area contributed by atoms with Crippen molar-refractivity contribution in [1.82, 2.24) is 9.97 Å². The molecular formula is C11H17N5O2S. The van der Waals surface area contributed by atoms with Crippen molar-refractivity contribution in [2.75, 3.05) is 17.3 Å². The van der Waals surface area contributed by atoms with Crippen molar-refractivity contribution in [2.45, 2.75) is 37.0 Å². The van der Waals surface area contributed by atoms with Gasteiger partial charge in [0.2, 0.25) is 11.6 Å². The zero-order valence-corrected chi connectivity index (χ0v) is 11.5. The standard InChI is InChI=1S/C11H17N5O2S/c1-19-8-4-2-7(3-5-8)15-11-9(16(17)18)10(12)13-6-14-11/h6-8H,2-5H2,1H3,(H3,12,13,14,15). The number of aromatic nitrogens is 2. The maximum atomic E-state index is 11.0. The van der Waals surface area contributed by atoms with Gasteiger partial charge in [-0.15, -0.1) is 0 Å². The lowest BCUT2D eigenvalue weighted by Gasteiger charge is -2.28. The predicted molar refractivity (Wildman–Crippen MR) is 76.3 cm³/mol. The van der Waals surface area contributed by atoms with Crippen molar-refractivity contribution in [1.29, 1.82) is 0 Å². The van der Waals surface area contributed by atoms with Crippen LogP contribution in [0.15, 0.2) is 6.33 Å². The Kier molecular flexibility index (Phi) is 4.41. The summed E-state index contributed by atoms with van der Waals surface area (Å²) in [5.74, 6) is 0.130. The van der Waals surface area contributed by atoms with E-state index in [9.17, 15) is 10.1 Å². The molecule has 104 valence electrons. The molecule has 0 atom stereocenters. The largest absolute Gasteiger partial charge is 0.378 e. The molecule has 1 saturated carbocycles. The molecular weight excluding hydrogens is 266 g/mol. The minimum absolute atomic E-state index is 0.0969. The number of nitrogens with zero attached hydrogens (tertiary/aromatic N) is 3. The molecule has 0 bridgehead atoms. The number of nitro groups is 1. The minimum Gasteiger partial charge on any atom is -0.378 e. The summed E-state index contributed by atoms with van der Waals surface area (Å²) in [7, 11) is 0. The quantitative estimate of drug-likeness (QED) is 0.643. The Morgan fingerprint density at radius 2 is 2.11 bits per heavy atom. The monoisotopic (exact) mass is 283 g/mol. The molecule has 0 unspecified atom stereocenters. The van der Waals surface area contributed by atoms with E-state index in [1.807, 2.05) is 11.8 Å². The Labute approximate surface area is 115 Å². The molecule has 8 heteroatoms.